The van der Waals surface area contributed by atoms with Crippen LogP contribution in [0.2, 0.25) is 0 Å². The summed E-state index contributed by atoms with van der Waals surface area (Å²) in [5.41, 5.74) is 0.462. The third-order valence-corrected chi connectivity index (χ3v) is 5.19. The summed E-state index contributed by atoms with van der Waals surface area (Å²) in [6, 6.07) is 6.58. The standard InChI is InChI=1S/C20H32O6S/c1-16-11-13-17(14-12-16)27(22,23)25-15-9-7-6-8-10-18(24-5)19(21)26-20(2,3)4/h11-14,18H,6-10,15H2,1-5H3. The summed E-state index contributed by atoms with van der Waals surface area (Å²) in [7, 11) is -2.20. The summed E-state index contributed by atoms with van der Waals surface area (Å²) in [6.07, 6.45) is 3.11. The molecule has 0 aliphatic rings. The third-order valence-electron chi connectivity index (χ3n) is 3.86. The quantitative estimate of drug-likeness (QED) is 0.317. The Morgan fingerprint density at radius 2 is 1.63 bits per heavy atom. The molecule has 7 heteroatoms. The number of ether oxygens (including phenoxy) is 2. The maximum atomic E-state index is 12.1. The highest BCUT2D eigenvalue weighted by molar-refractivity contribution is 7.86. The van der Waals surface area contributed by atoms with Crippen LogP contribution in [-0.4, -0.2) is 39.8 Å². The van der Waals surface area contributed by atoms with Crippen molar-refractivity contribution in [2.75, 3.05) is 13.7 Å². The van der Waals surface area contributed by atoms with Gasteiger partial charge in [0.15, 0.2) is 6.10 Å². The first-order chi connectivity index (χ1) is 12.5. The van der Waals surface area contributed by atoms with Crippen molar-refractivity contribution < 1.29 is 26.9 Å². The molecular weight excluding hydrogens is 368 g/mol. The maximum Gasteiger partial charge on any atom is 0.335 e. The van der Waals surface area contributed by atoms with Crippen molar-refractivity contribution in [3.63, 3.8) is 0 Å². The van der Waals surface area contributed by atoms with E-state index in [0.29, 0.717) is 12.8 Å². The summed E-state index contributed by atoms with van der Waals surface area (Å²) in [5, 5.41) is 0. The minimum absolute atomic E-state index is 0.149. The first-order valence-corrected chi connectivity index (χ1v) is 10.7. The molecule has 0 radical (unpaired) electrons. The van der Waals surface area contributed by atoms with Crippen LogP contribution in [0.3, 0.4) is 0 Å². The molecule has 0 amide bonds. The highest BCUT2D eigenvalue weighted by atomic mass is 32.2. The van der Waals surface area contributed by atoms with Crippen LogP contribution in [-0.2, 0) is 28.6 Å². The number of esters is 1. The number of hydrogen-bond acceptors (Lipinski definition) is 6. The van der Waals surface area contributed by atoms with E-state index >= 15 is 0 Å². The Labute approximate surface area is 163 Å². The second-order valence-corrected chi connectivity index (χ2v) is 9.17. The van der Waals surface area contributed by atoms with Crippen LogP contribution >= 0.6 is 0 Å². The lowest BCUT2D eigenvalue weighted by atomic mass is 10.1. The number of aryl methyl sites for hydroxylation is 1. The van der Waals surface area contributed by atoms with E-state index in [2.05, 4.69) is 0 Å². The minimum atomic E-state index is -3.70. The van der Waals surface area contributed by atoms with Crippen LogP contribution in [0.25, 0.3) is 0 Å². The summed E-state index contributed by atoms with van der Waals surface area (Å²) in [5.74, 6) is -0.350. The molecule has 0 N–H and O–H groups in total. The fourth-order valence-corrected chi connectivity index (χ4v) is 3.37. The van der Waals surface area contributed by atoms with E-state index in [0.717, 1.165) is 24.8 Å². The van der Waals surface area contributed by atoms with E-state index in [1.54, 1.807) is 24.3 Å². The Kier molecular flexibility index (Phi) is 9.42. The van der Waals surface area contributed by atoms with Crippen molar-refractivity contribution >= 4 is 16.1 Å². The molecule has 1 rings (SSSR count). The molecule has 0 aliphatic heterocycles. The smallest absolute Gasteiger partial charge is 0.335 e. The molecule has 1 aromatic rings. The van der Waals surface area contributed by atoms with Crippen molar-refractivity contribution in [1.29, 1.82) is 0 Å². The number of hydrogen-bond donors (Lipinski definition) is 0. The lowest BCUT2D eigenvalue weighted by molar-refractivity contribution is -0.167. The molecule has 0 bridgehead atoms. The first-order valence-electron chi connectivity index (χ1n) is 9.27. The van der Waals surface area contributed by atoms with Gasteiger partial charge in [0.2, 0.25) is 0 Å². The van der Waals surface area contributed by atoms with E-state index in [4.69, 9.17) is 13.7 Å². The first kappa shape index (κ1) is 23.6. The zero-order chi connectivity index (χ0) is 20.5. The molecule has 1 unspecified atom stereocenters. The third kappa shape index (κ3) is 9.35. The Morgan fingerprint density at radius 3 is 2.19 bits per heavy atom. The van der Waals surface area contributed by atoms with Crippen molar-refractivity contribution in [2.45, 2.75) is 76.4 Å². The molecule has 1 aromatic carbocycles. The van der Waals surface area contributed by atoms with Crippen molar-refractivity contribution in [3.05, 3.63) is 29.8 Å². The molecular formula is C20H32O6S. The van der Waals surface area contributed by atoms with Gasteiger partial charge in [0.1, 0.15) is 5.60 Å². The van der Waals surface area contributed by atoms with Crippen LogP contribution < -0.4 is 0 Å². The molecule has 0 aromatic heterocycles. The molecule has 27 heavy (non-hydrogen) atoms. The lowest BCUT2D eigenvalue weighted by Crippen LogP contribution is -2.32. The van der Waals surface area contributed by atoms with Crippen LogP contribution in [0.15, 0.2) is 29.2 Å². The fraction of sp³-hybridized carbons (Fsp3) is 0.650. The number of methoxy groups -OCH3 is 1. The molecule has 6 nitrogen and oxygen atoms in total. The predicted molar refractivity (Wildman–Crippen MR) is 104 cm³/mol. The molecule has 1 atom stereocenters. The van der Waals surface area contributed by atoms with Gasteiger partial charge in [-0.25, -0.2) is 4.79 Å². The summed E-state index contributed by atoms with van der Waals surface area (Å²) in [6.45, 7) is 7.51. The summed E-state index contributed by atoms with van der Waals surface area (Å²) in [4.78, 5) is 12.2. The molecule has 0 fully saturated rings. The molecule has 154 valence electrons. The maximum absolute atomic E-state index is 12.1. The van der Waals surface area contributed by atoms with Crippen molar-refractivity contribution in [3.8, 4) is 0 Å². The number of carbonyl (C=O) groups is 1. The average Bonchev–Trinajstić information content (AvgIpc) is 2.56. The van der Waals surface area contributed by atoms with Gasteiger partial charge < -0.3 is 9.47 Å². The Hall–Kier alpha value is -1.44. The number of unbranched alkanes of at least 4 members (excludes halogenated alkanes) is 3. The normalized spacial score (nSPS) is 13.4. The largest absolute Gasteiger partial charge is 0.458 e. The van der Waals surface area contributed by atoms with E-state index in [-0.39, 0.29) is 17.5 Å². The van der Waals surface area contributed by atoms with Crippen molar-refractivity contribution in [1.82, 2.24) is 0 Å². The number of carbonyl (C=O) groups excluding carboxylic acids is 1. The van der Waals surface area contributed by atoms with Crippen LogP contribution in [0.1, 0.15) is 58.4 Å². The van der Waals surface area contributed by atoms with Gasteiger partial charge >= 0.3 is 5.97 Å². The average molecular weight is 401 g/mol. The molecule has 0 spiro atoms. The molecule has 0 aliphatic carbocycles. The zero-order valence-electron chi connectivity index (χ0n) is 17.0. The minimum Gasteiger partial charge on any atom is -0.458 e. The van der Waals surface area contributed by atoms with E-state index in [9.17, 15) is 13.2 Å². The molecule has 0 heterocycles. The van der Waals surface area contributed by atoms with Crippen molar-refractivity contribution in [2.24, 2.45) is 0 Å². The topological polar surface area (TPSA) is 78.9 Å². The second-order valence-electron chi connectivity index (χ2n) is 7.55. The number of rotatable bonds is 11. The Balaban J connectivity index is 2.24. The van der Waals surface area contributed by atoms with E-state index < -0.39 is 21.8 Å². The Morgan fingerprint density at radius 1 is 1.04 bits per heavy atom. The van der Waals surface area contributed by atoms with Gasteiger partial charge in [-0.2, -0.15) is 8.42 Å². The monoisotopic (exact) mass is 400 g/mol. The van der Waals surface area contributed by atoms with Crippen LogP contribution in [0.5, 0.6) is 0 Å². The van der Waals surface area contributed by atoms with Gasteiger partial charge in [0.05, 0.1) is 11.5 Å². The lowest BCUT2D eigenvalue weighted by Gasteiger charge is -2.23. The fourth-order valence-electron chi connectivity index (χ4n) is 2.43. The molecule has 0 saturated heterocycles. The van der Waals surface area contributed by atoms with E-state index in [1.165, 1.54) is 7.11 Å². The summed E-state index contributed by atoms with van der Waals surface area (Å²) >= 11 is 0. The van der Waals surface area contributed by atoms with Gasteiger partial charge in [0, 0.05) is 7.11 Å². The second kappa shape index (κ2) is 10.8. The van der Waals surface area contributed by atoms with Gasteiger partial charge in [0.25, 0.3) is 10.1 Å². The SMILES string of the molecule is COC(CCCCCCOS(=O)(=O)c1ccc(C)cc1)C(=O)OC(C)(C)C. The predicted octanol–water partition coefficient (Wildman–Crippen LogP) is 4.01. The van der Waals surface area contributed by atoms with Crippen LogP contribution in [0, 0.1) is 6.92 Å². The van der Waals surface area contributed by atoms with E-state index in [1.807, 2.05) is 27.7 Å². The van der Waals surface area contributed by atoms with Gasteiger partial charge in [-0.3, -0.25) is 4.18 Å². The molecule has 0 saturated carbocycles. The van der Waals surface area contributed by atoms with Gasteiger partial charge in [-0.1, -0.05) is 37.0 Å². The summed E-state index contributed by atoms with van der Waals surface area (Å²) < 4.78 is 39.7. The van der Waals surface area contributed by atoms with Crippen LogP contribution in [0.4, 0.5) is 0 Å². The number of benzene rings is 1. The Bertz CT molecular complexity index is 673. The van der Waals surface area contributed by atoms with Gasteiger partial charge in [-0.15, -0.1) is 0 Å². The zero-order valence-corrected chi connectivity index (χ0v) is 17.8. The highest BCUT2D eigenvalue weighted by Crippen LogP contribution is 2.16. The van der Waals surface area contributed by atoms with Gasteiger partial charge in [-0.05, 0) is 52.7 Å². The highest BCUT2D eigenvalue weighted by Gasteiger charge is 2.24.